The molecular weight excluding hydrogens is 260 g/mol. The van der Waals surface area contributed by atoms with Gasteiger partial charge >= 0.3 is 0 Å². The highest BCUT2D eigenvalue weighted by Gasteiger charge is 2.11. The van der Waals surface area contributed by atoms with Crippen molar-refractivity contribution in [1.29, 1.82) is 0 Å². The van der Waals surface area contributed by atoms with Gasteiger partial charge < -0.3 is 0 Å². The van der Waals surface area contributed by atoms with Crippen LogP contribution >= 0.6 is 0 Å². The molecule has 21 heavy (non-hydrogen) atoms. The molecule has 0 unspecified atom stereocenters. The first-order valence-corrected chi connectivity index (χ1v) is 7.73. The van der Waals surface area contributed by atoms with Gasteiger partial charge in [0.2, 0.25) is 0 Å². The van der Waals surface area contributed by atoms with Gasteiger partial charge in [-0.15, -0.1) is 0 Å². The van der Waals surface area contributed by atoms with Crippen LogP contribution in [0.5, 0.6) is 0 Å². The topological polar surface area (TPSA) is 34.9 Å². The first-order chi connectivity index (χ1) is 10.1. The van der Waals surface area contributed by atoms with Gasteiger partial charge in [0.15, 0.2) is 0 Å². The zero-order valence-electron chi connectivity index (χ0n) is 13.2. The monoisotopic (exact) mass is 284 g/mol. The van der Waals surface area contributed by atoms with Crippen LogP contribution in [0.15, 0.2) is 36.5 Å². The van der Waals surface area contributed by atoms with Crippen LogP contribution < -0.4 is 0 Å². The lowest BCUT2D eigenvalue weighted by Gasteiger charge is -2.12. The predicted molar refractivity (Wildman–Crippen MR) is 85.4 cm³/mol. The van der Waals surface area contributed by atoms with Gasteiger partial charge in [-0.3, -0.25) is 9.48 Å². The fourth-order valence-electron chi connectivity index (χ4n) is 2.54. The molecule has 2 aromatic rings. The Hall–Kier alpha value is -1.90. The van der Waals surface area contributed by atoms with E-state index in [1.165, 1.54) is 5.56 Å². The third-order valence-electron chi connectivity index (χ3n) is 3.88. The molecule has 2 rings (SSSR count). The molecule has 0 aliphatic carbocycles. The molecule has 1 heterocycles. The highest BCUT2D eigenvalue weighted by molar-refractivity contribution is 5.82. The van der Waals surface area contributed by atoms with Gasteiger partial charge in [0, 0.05) is 12.6 Å². The zero-order chi connectivity index (χ0) is 15.2. The van der Waals surface area contributed by atoms with Crippen LogP contribution in [0, 0.1) is 6.92 Å². The second kappa shape index (κ2) is 7.21. The highest BCUT2D eigenvalue weighted by Crippen LogP contribution is 2.15. The molecular formula is C18H24N2O. The number of hydrogen-bond acceptors (Lipinski definition) is 2. The summed E-state index contributed by atoms with van der Waals surface area (Å²) in [6, 6.07) is 10.5. The van der Waals surface area contributed by atoms with Crippen molar-refractivity contribution in [2.24, 2.45) is 0 Å². The molecule has 1 aromatic heterocycles. The molecule has 0 saturated heterocycles. The summed E-state index contributed by atoms with van der Waals surface area (Å²) in [6.07, 6.45) is 5.02. The first kappa shape index (κ1) is 15.5. The van der Waals surface area contributed by atoms with E-state index in [2.05, 4.69) is 25.9 Å². The maximum atomic E-state index is 12.1. The summed E-state index contributed by atoms with van der Waals surface area (Å²) in [5.41, 5.74) is 3.17. The van der Waals surface area contributed by atoms with Crippen LogP contribution in [0.1, 0.15) is 49.6 Å². The van der Waals surface area contributed by atoms with Gasteiger partial charge in [0.05, 0.1) is 18.2 Å². The van der Waals surface area contributed by atoms with Crippen LogP contribution in [0.4, 0.5) is 0 Å². The molecule has 112 valence electrons. The predicted octanol–water partition coefficient (Wildman–Crippen LogP) is 3.91. The van der Waals surface area contributed by atoms with Crippen molar-refractivity contribution >= 4 is 5.78 Å². The average Bonchev–Trinajstić information content (AvgIpc) is 2.91. The molecule has 3 heteroatoms. The van der Waals surface area contributed by atoms with Gasteiger partial charge in [-0.25, -0.2) is 0 Å². The van der Waals surface area contributed by atoms with E-state index in [1.54, 1.807) is 0 Å². The molecule has 0 bridgehead atoms. The van der Waals surface area contributed by atoms with E-state index in [9.17, 15) is 4.79 Å². The minimum absolute atomic E-state index is 0.216. The number of carbonyl (C=O) groups excluding carboxylic acids is 1. The number of rotatable bonds is 7. The Morgan fingerprint density at radius 3 is 2.38 bits per heavy atom. The van der Waals surface area contributed by atoms with Crippen molar-refractivity contribution in [3.05, 3.63) is 53.3 Å². The Labute approximate surface area is 127 Å². The average molecular weight is 284 g/mol. The minimum atomic E-state index is 0.216. The summed E-state index contributed by atoms with van der Waals surface area (Å²) in [4.78, 5) is 12.1. The first-order valence-electron chi connectivity index (χ1n) is 7.73. The Morgan fingerprint density at radius 1 is 1.10 bits per heavy atom. The maximum absolute atomic E-state index is 12.1. The molecule has 0 aliphatic rings. The van der Waals surface area contributed by atoms with Crippen LogP contribution in [0.3, 0.4) is 0 Å². The summed E-state index contributed by atoms with van der Waals surface area (Å²) < 4.78 is 1.99. The maximum Gasteiger partial charge on any atom is 0.143 e. The van der Waals surface area contributed by atoms with Crippen LogP contribution in [0.2, 0.25) is 0 Å². The molecule has 0 atom stereocenters. The van der Waals surface area contributed by atoms with Crippen LogP contribution in [-0.2, 0) is 17.6 Å². The fraction of sp³-hybridized carbons (Fsp3) is 0.444. The SMILES string of the molecule is CCC(CC)n1ccc(CC(=O)Cc2ccc(C)cc2)n1. The molecule has 0 amide bonds. The summed E-state index contributed by atoms with van der Waals surface area (Å²) >= 11 is 0. The van der Waals surface area contributed by atoms with Crippen LogP contribution in [-0.4, -0.2) is 15.6 Å². The van der Waals surface area contributed by atoms with E-state index < -0.39 is 0 Å². The zero-order valence-corrected chi connectivity index (χ0v) is 13.2. The molecule has 0 N–H and O–H groups in total. The molecule has 0 spiro atoms. The van der Waals surface area contributed by atoms with E-state index in [4.69, 9.17) is 0 Å². The van der Waals surface area contributed by atoms with E-state index in [0.29, 0.717) is 18.9 Å². The molecule has 3 nitrogen and oxygen atoms in total. The largest absolute Gasteiger partial charge is 0.299 e. The second-order valence-corrected chi connectivity index (χ2v) is 5.64. The number of ketones is 1. The summed E-state index contributed by atoms with van der Waals surface area (Å²) in [6.45, 7) is 6.38. The van der Waals surface area contributed by atoms with E-state index in [1.807, 2.05) is 41.2 Å². The van der Waals surface area contributed by atoms with Crippen molar-refractivity contribution in [1.82, 2.24) is 9.78 Å². The van der Waals surface area contributed by atoms with Crippen molar-refractivity contribution in [2.75, 3.05) is 0 Å². The summed E-state index contributed by atoms with van der Waals surface area (Å²) in [5, 5.41) is 4.54. The number of aromatic nitrogens is 2. The lowest BCUT2D eigenvalue weighted by atomic mass is 10.0. The van der Waals surface area contributed by atoms with Crippen LogP contribution in [0.25, 0.3) is 0 Å². The number of hydrogen-bond donors (Lipinski definition) is 0. The lowest BCUT2D eigenvalue weighted by Crippen LogP contribution is -2.10. The number of carbonyl (C=O) groups is 1. The van der Waals surface area contributed by atoms with Crippen molar-refractivity contribution in [2.45, 2.75) is 52.5 Å². The number of Topliss-reactive ketones (excluding diaryl/α,β-unsaturated/α-hetero) is 1. The lowest BCUT2D eigenvalue weighted by molar-refractivity contribution is -0.117. The molecule has 0 aliphatic heterocycles. The summed E-state index contributed by atoms with van der Waals surface area (Å²) in [5.74, 6) is 0.216. The van der Waals surface area contributed by atoms with E-state index >= 15 is 0 Å². The minimum Gasteiger partial charge on any atom is -0.299 e. The molecule has 0 radical (unpaired) electrons. The number of aryl methyl sites for hydroxylation is 1. The third kappa shape index (κ3) is 4.28. The third-order valence-corrected chi connectivity index (χ3v) is 3.88. The van der Waals surface area contributed by atoms with Gasteiger partial charge in [-0.1, -0.05) is 43.7 Å². The van der Waals surface area contributed by atoms with Crippen molar-refractivity contribution in [3.8, 4) is 0 Å². The van der Waals surface area contributed by atoms with Gasteiger partial charge in [0.1, 0.15) is 5.78 Å². The molecule has 0 fully saturated rings. The molecule has 1 aromatic carbocycles. The van der Waals surface area contributed by atoms with Gasteiger partial charge in [-0.05, 0) is 31.4 Å². The fourth-order valence-corrected chi connectivity index (χ4v) is 2.54. The van der Waals surface area contributed by atoms with E-state index in [-0.39, 0.29) is 5.78 Å². The van der Waals surface area contributed by atoms with Crippen molar-refractivity contribution < 1.29 is 4.79 Å². The van der Waals surface area contributed by atoms with Gasteiger partial charge in [-0.2, -0.15) is 5.10 Å². The Kier molecular flexibility index (Phi) is 5.32. The standard InChI is InChI=1S/C18H24N2O/c1-4-17(5-2)20-11-10-16(19-20)13-18(21)12-15-8-6-14(3)7-9-15/h6-11,17H,4-5,12-13H2,1-3H3. The molecule has 0 saturated carbocycles. The normalized spacial score (nSPS) is 11.0. The number of nitrogens with zero attached hydrogens (tertiary/aromatic N) is 2. The smallest absolute Gasteiger partial charge is 0.143 e. The van der Waals surface area contributed by atoms with Crippen molar-refractivity contribution in [3.63, 3.8) is 0 Å². The quantitative estimate of drug-likeness (QED) is 0.772. The summed E-state index contributed by atoms with van der Waals surface area (Å²) in [7, 11) is 0. The Morgan fingerprint density at radius 2 is 1.76 bits per heavy atom. The van der Waals surface area contributed by atoms with Gasteiger partial charge in [0.25, 0.3) is 0 Å². The second-order valence-electron chi connectivity index (χ2n) is 5.64. The van der Waals surface area contributed by atoms with E-state index in [0.717, 1.165) is 24.1 Å². The Balaban J connectivity index is 1.95. The number of benzene rings is 1. The highest BCUT2D eigenvalue weighted by atomic mass is 16.1. The Bertz CT molecular complexity index is 580.